The molecule has 2 aromatic rings. The number of hydrogen-bond donors (Lipinski definition) is 1. The van der Waals surface area contributed by atoms with E-state index in [0.717, 1.165) is 4.88 Å². The minimum Gasteiger partial charge on any atom is -0.466 e. The molecule has 1 aliphatic heterocycles. The van der Waals surface area contributed by atoms with E-state index < -0.39 is 11.6 Å². The fourth-order valence-electron chi connectivity index (χ4n) is 3.47. The van der Waals surface area contributed by atoms with E-state index in [4.69, 9.17) is 9.84 Å². The number of esters is 1. The first-order valence-electron chi connectivity index (χ1n) is 9.10. The van der Waals surface area contributed by atoms with Crippen LogP contribution in [-0.2, 0) is 16.1 Å². The molecule has 2 heterocycles. The molecular formula is C20H23F2NO3S. The van der Waals surface area contributed by atoms with E-state index in [9.17, 15) is 13.6 Å². The Kier molecular flexibility index (Phi) is 6.44. The summed E-state index contributed by atoms with van der Waals surface area (Å²) >= 11 is 1.35. The number of ether oxygens (including phenoxy) is 1. The highest BCUT2D eigenvalue weighted by molar-refractivity contribution is 7.10. The predicted octanol–water partition coefficient (Wildman–Crippen LogP) is 4.36. The van der Waals surface area contributed by atoms with Crippen molar-refractivity contribution in [1.29, 1.82) is 0 Å². The van der Waals surface area contributed by atoms with Crippen LogP contribution in [0.5, 0.6) is 0 Å². The number of rotatable bonds is 6. The number of carbonyl (C=O) groups is 1. The van der Waals surface area contributed by atoms with E-state index >= 15 is 0 Å². The number of piperidine rings is 1. The van der Waals surface area contributed by atoms with Gasteiger partial charge in [0.25, 0.3) is 0 Å². The lowest BCUT2D eigenvalue weighted by Gasteiger charge is -2.33. The van der Waals surface area contributed by atoms with E-state index in [1.807, 2.05) is 0 Å². The van der Waals surface area contributed by atoms with Crippen molar-refractivity contribution in [1.82, 2.24) is 0 Å². The molecule has 7 heteroatoms. The third-order valence-electron chi connectivity index (χ3n) is 4.85. The maximum atomic E-state index is 14.7. The maximum absolute atomic E-state index is 14.7. The van der Waals surface area contributed by atoms with Crippen LogP contribution in [0.15, 0.2) is 23.6 Å². The summed E-state index contributed by atoms with van der Waals surface area (Å²) in [7, 11) is 0. The second-order valence-electron chi connectivity index (χ2n) is 6.69. The average molecular weight is 395 g/mol. The van der Waals surface area contributed by atoms with Gasteiger partial charge in [0.1, 0.15) is 17.3 Å². The van der Waals surface area contributed by atoms with Crippen LogP contribution in [0.2, 0.25) is 0 Å². The second-order valence-corrected chi connectivity index (χ2v) is 7.68. The molecule has 0 aliphatic carbocycles. The van der Waals surface area contributed by atoms with E-state index in [1.165, 1.54) is 23.5 Å². The predicted molar refractivity (Wildman–Crippen MR) is 102 cm³/mol. The highest BCUT2D eigenvalue weighted by Crippen LogP contribution is 2.34. The number of thiophene rings is 1. The Morgan fingerprint density at radius 2 is 1.89 bits per heavy atom. The number of aliphatic hydroxyl groups is 1. The fraction of sp³-hybridized carbons (Fsp3) is 0.450. The van der Waals surface area contributed by atoms with Crippen LogP contribution >= 0.6 is 11.3 Å². The molecule has 1 saturated heterocycles. The Balaban J connectivity index is 1.70. The zero-order valence-corrected chi connectivity index (χ0v) is 16.0. The lowest BCUT2D eigenvalue weighted by atomic mass is 9.93. The third-order valence-corrected chi connectivity index (χ3v) is 5.77. The summed E-state index contributed by atoms with van der Waals surface area (Å²) in [4.78, 5) is 14.1. The van der Waals surface area contributed by atoms with E-state index in [2.05, 4.69) is 0 Å². The van der Waals surface area contributed by atoms with Crippen molar-refractivity contribution in [2.24, 2.45) is 5.92 Å². The van der Waals surface area contributed by atoms with Crippen LogP contribution in [0.4, 0.5) is 14.5 Å². The van der Waals surface area contributed by atoms with Crippen LogP contribution in [0.1, 0.15) is 31.1 Å². The molecule has 0 amide bonds. The van der Waals surface area contributed by atoms with Gasteiger partial charge in [-0.3, -0.25) is 4.79 Å². The van der Waals surface area contributed by atoms with E-state index in [0.29, 0.717) is 50.1 Å². The van der Waals surface area contributed by atoms with Gasteiger partial charge >= 0.3 is 5.97 Å². The third kappa shape index (κ3) is 4.65. The zero-order chi connectivity index (χ0) is 19.4. The zero-order valence-electron chi connectivity index (χ0n) is 15.2. The first-order chi connectivity index (χ1) is 13.0. The van der Waals surface area contributed by atoms with Gasteiger partial charge < -0.3 is 14.7 Å². The van der Waals surface area contributed by atoms with Gasteiger partial charge in [-0.1, -0.05) is 0 Å². The Bertz CT molecular complexity index is 777. The van der Waals surface area contributed by atoms with Crippen molar-refractivity contribution in [3.8, 4) is 11.1 Å². The van der Waals surface area contributed by atoms with Gasteiger partial charge in [-0.25, -0.2) is 8.78 Å². The van der Waals surface area contributed by atoms with Crippen molar-refractivity contribution in [2.75, 3.05) is 24.6 Å². The van der Waals surface area contributed by atoms with Crippen molar-refractivity contribution in [3.05, 3.63) is 40.1 Å². The summed E-state index contributed by atoms with van der Waals surface area (Å²) in [5.74, 6) is -1.21. The van der Waals surface area contributed by atoms with Gasteiger partial charge in [0, 0.05) is 24.4 Å². The smallest absolute Gasteiger partial charge is 0.306 e. The molecule has 0 unspecified atom stereocenters. The van der Waals surface area contributed by atoms with Gasteiger partial charge in [0.2, 0.25) is 0 Å². The van der Waals surface area contributed by atoms with Gasteiger partial charge in [0.15, 0.2) is 0 Å². The molecular weight excluding hydrogens is 372 g/mol. The number of aliphatic hydroxyl groups excluding tert-OH is 1. The quantitative estimate of drug-likeness (QED) is 0.739. The van der Waals surface area contributed by atoms with Gasteiger partial charge in [0.05, 0.1) is 13.2 Å². The minimum atomic E-state index is -0.592. The highest BCUT2D eigenvalue weighted by atomic mass is 32.1. The molecule has 1 fully saturated rings. The van der Waals surface area contributed by atoms with Gasteiger partial charge in [-0.05, 0) is 60.4 Å². The van der Waals surface area contributed by atoms with Crippen molar-refractivity contribution >= 4 is 23.0 Å². The van der Waals surface area contributed by atoms with Crippen LogP contribution in [0, 0.1) is 17.6 Å². The lowest BCUT2D eigenvalue weighted by Crippen LogP contribution is -2.35. The maximum Gasteiger partial charge on any atom is 0.306 e. The number of benzene rings is 1. The van der Waals surface area contributed by atoms with Gasteiger partial charge in [-0.2, -0.15) is 0 Å². The number of carbonyl (C=O) groups excluding carboxylic acids is 1. The standard InChI is InChI=1S/C20H23F2NO3S/c1-2-26-19(25)7-13-3-5-23(6-4-13)20-17(21)9-14(10-18(20)22)15-8-16(11-24)27-12-15/h8-10,12-13,24H,2-7,11H2,1H3. The first-order valence-corrected chi connectivity index (χ1v) is 9.98. The summed E-state index contributed by atoms with van der Waals surface area (Å²) in [6, 6.07) is 4.41. The average Bonchev–Trinajstić information content (AvgIpc) is 3.12. The largest absolute Gasteiger partial charge is 0.466 e. The topological polar surface area (TPSA) is 49.8 Å². The molecule has 146 valence electrons. The molecule has 4 nitrogen and oxygen atoms in total. The number of nitrogens with zero attached hydrogens (tertiary/aromatic N) is 1. The number of anilines is 1. The van der Waals surface area contributed by atoms with Crippen molar-refractivity contribution in [2.45, 2.75) is 32.8 Å². The molecule has 1 aromatic carbocycles. The molecule has 0 saturated carbocycles. The van der Waals surface area contributed by atoms with Crippen molar-refractivity contribution < 1.29 is 23.4 Å². The summed E-state index contributed by atoms with van der Waals surface area (Å²) in [5, 5.41) is 10.9. The van der Waals surface area contributed by atoms with Gasteiger partial charge in [-0.15, -0.1) is 11.3 Å². The Morgan fingerprint density at radius 3 is 2.44 bits per heavy atom. The molecule has 0 atom stereocenters. The molecule has 27 heavy (non-hydrogen) atoms. The number of hydrogen-bond acceptors (Lipinski definition) is 5. The van der Waals surface area contributed by atoms with E-state index in [1.54, 1.807) is 23.3 Å². The summed E-state index contributed by atoms with van der Waals surface area (Å²) in [5.41, 5.74) is 1.15. The van der Waals surface area contributed by atoms with Crippen molar-refractivity contribution in [3.63, 3.8) is 0 Å². The second kappa shape index (κ2) is 8.80. The van der Waals surface area contributed by atoms with Crippen LogP contribution < -0.4 is 4.90 Å². The lowest BCUT2D eigenvalue weighted by molar-refractivity contribution is -0.144. The summed E-state index contributed by atoms with van der Waals surface area (Å²) in [6.07, 6.45) is 1.75. The minimum absolute atomic E-state index is 0.00838. The van der Waals surface area contributed by atoms with E-state index in [-0.39, 0.29) is 24.2 Å². The molecule has 1 aromatic heterocycles. The Labute approximate surface area is 161 Å². The van der Waals surface area contributed by atoms with Crippen LogP contribution in [0.3, 0.4) is 0 Å². The Hall–Kier alpha value is -1.99. The van der Waals surface area contributed by atoms with Crippen LogP contribution in [0.25, 0.3) is 11.1 Å². The molecule has 1 N–H and O–H groups in total. The summed E-state index contributed by atoms with van der Waals surface area (Å²) in [6.45, 7) is 3.06. The molecule has 0 radical (unpaired) electrons. The molecule has 0 bridgehead atoms. The first kappa shape index (κ1) is 19.8. The Morgan fingerprint density at radius 1 is 1.22 bits per heavy atom. The SMILES string of the molecule is CCOC(=O)CC1CCN(c2c(F)cc(-c3csc(CO)c3)cc2F)CC1. The molecule has 3 rings (SSSR count). The van der Waals surface area contributed by atoms with Crippen LogP contribution in [-0.4, -0.2) is 30.8 Å². The monoisotopic (exact) mass is 395 g/mol. The molecule has 1 aliphatic rings. The fourth-order valence-corrected chi connectivity index (χ4v) is 4.22. The summed E-state index contributed by atoms with van der Waals surface area (Å²) < 4.78 is 34.3. The number of halogens is 2. The highest BCUT2D eigenvalue weighted by Gasteiger charge is 2.26. The molecule has 0 spiro atoms. The normalized spacial score (nSPS) is 15.2.